The number of hydrogen-bond donors (Lipinski definition) is 0. The molecule has 2 aromatic carbocycles. The highest BCUT2D eigenvalue weighted by atomic mass is 16.5. The highest BCUT2D eigenvalue weighted by Gasteiger charge is 2.16. The van der Waals surface area contributed by atoms with Crippen LogP contribution in [0.2, 0.25) is 0 Å². The van der Waals surface area contributed by atoms with Crippen molar-refractivity contribution in [2.45, 2.75) is 25.9 Å². The monoisotopic (exact) mass is 336 g/mol. The molecule has 0 radical (unpaired) electrons. The van der Waals surface area contributed by atoms with Gasteiger partial charge in [0.1, 0.15) is 17.4 Å². The van der Waals surface area contributed by atoms with E-state index in [-0.39, 0.29) is 11.7 Å². The van der Waals surface area contributed by atoms with Gasteiger partial charge in [0.25, 0.3) is 0 Å². The molecule has 4 heteroatoms. The van der Waals surface area contributed by atoms with Crippen molar-refractivity contribution in [3.05, 3.63) is 64.5 Å². The van der Waals surface area contributed by atoms with Crippen LogP contribution >= 0.6 is 0 Å². The summed E-state index contributed by atoms with van der Waals surface area (Å²) in [5.41, 5.74) is 3.25. The Bertz CT molecular complexity index is 952. The average molecular weight is 336 g/mol. The maximum atomic E-state index is 12.1. The molecule has 4 nitrogen and oxygen atoms in total. The fraction of sp³-hybridized carbons (Fsp3) is 0.286. The summed E-state index contributed by atoms with van der Waals surface area (Å²) in [4.78, 5) is 12.1. The van der Waals surface area contributed by atoms with Crippen molar-refractivity contribution in [2.75, 3.05) is 13.2 Å². The highest BCUT2D eigenvalue weighted by molar-refractivity contribution is 5.94. The summed E-state index contributed by atoms with van der Waals surface area (Å²) in [5, 5.41) is 0.910. The summed E-state index contributed by atoms with van der Waals surface area (Å²) in [7, 11) is 0. The molecule has 3 aromatic rings. The van der Waals surface area contributed by atoms with Crippen LogP contribution in [0.4, 0.5) is 0 Å². The number of fused-ring (bicyclic) bond motifs is 1. The van der Waals surface area contributed by atoms with Crippen LogP contribution in [0.5, 0.6) is 5.75 Å². The van der Waals surface area contributed by atoms with E-state index in [2.05, 4.69) is 0 Å². The van der Waals surface area contributed by atoms with E-state index < -0.39 is 0 Å². The van der Waals surface area contributed by atoms with Crippen LogP contribution < -0.4 is 10.4 Å². The Kier molecular flexibility index (Phi) is 4.28. The third-order valence-corrected chi connectivity index (χ3v) is 4.62. The predicted octanol–water partition coefficient (Wildman–Crippen LogP) is 4.33. The molecule has 128 valence electrons. The van der Waals surface area contributed by atoms with E-state index in [0.29, 0.717) is 5.58 Å². The third-order valence-electron chi connectivity index (χ3n) is 4.62. The first-order valence-corrected chi connectivity index (χ1v) is 8.59. The van der Waals surface area contributed by atoms with E-state index in [9.17, 15) is 4.79 Å². The lowest BCUT2D eigenvalue weighted by molar-refractivity contribution is 0.0256. The molecule has 0 N–H and O–H groups in total. The van der Waals surface area contributed by atoms with Crippen LogP contribution in [-0.4, -0.2) is 19.3 Å². The second-order valence-electron chi connectivity index (χ2n) is 6.38. The Morgan fingerprint density at radius 2 is 1.80 bits per heavy atom. The number of benzene rings is 2. The maximum Gasteiger partial charge on any atom is 0.336 e. The van der Waals surface area contributed by atoms with Crippen molar-refractivity contribution < 1.29 is 13.9 Å². The van der Waals surface area contributed by atoms with Gasteiger partial charge in [0, 0.05) is 35.9 Å². The summed E-state index contributed by atoms with van der Waals surface area (Å²) >= 11 is 0. The zero-order valence-electron chi connectivity index (χ0n) is 14.2. The topological polar surface area (TPSA) is 48.7 Å². The Morgan fingerprint density at radius 3 is 2.60 bits per heavy atom. The van der Waals surface area contributed by atoms with Crippen molar-refractivity contribution in [3.63, 3.8) is 0 Å². The zero-order chi connectivity index (χ0) is 17.2. The van der Waals surface area contributed by atoms with Crippen LogP contribution in [0.15, 0.2) is 57.7 Å². The lowest BCUT2D eigenvalue weighted by Crippen LogP contribution is -2.25. The van der Waals surface area contributed by atoms with Crippen molar-refractivity contribution in [2.24, 2.45) is 0 Å². The Labute approximate surface area is 146 Å². The lowest BCUT2D eigenvalue weighted by atomic mass is 9.98. The van der Waals surface area contributed by atoms with Crippen LogP contribution in [0.3, 0.4) is 0 Å². The minimum absolute atomic E-state index is 0.150. The van der Waals surface area contributed by atoms with Crippen molar-refractivity contribution in [1.29, 1.82) is 0 Å². The van der Waals surface area contributed by atoms with E-state index in [1.165, 1.54) is 0 Å². The first kappa shape index (κ1) is 15.9. The van der Waals surface area contributed by atoms with Gasteiger partial charge in [-0.15, -0.1) is 0 Å². The molecule has 0 aliphatic carbocycles. The van der Waals surface area contributed by atoms with Crippen molar-refractivity contribution in [3.8, 4) is 16.9 Å². The number of hydrogen-bond acceptors (Lipinski definition) is 4. The standard InChI is InChI=1S/C21H20O4/c1-14-4-2-3-5-17(14)19-13-21(22)25-20-12-16(6-7-18(19)20)24-15-8-10-23-11-9-15/h2-7,12-13,15H,8-11H2,1H3. The van der Waals surface area contributed by atoms with Crippen LogP contribution in [0.25, 0.3) is 22.1 Å². The van der Waals surface area contributed by atoms with Gasteiger partial charge in [-0.2, -0.15) is 0 Å². The number of rotatable bonds is 3. The Hall–Kier alpha value is -2.59. The second kappa shape index (κ2) is 6.73. The van der Waals surface area contributed by atoms with Crippen molar-refractivity contribution in [1.82, 2.24) is 0 Å². The molecular formula is C21H20O4. The van der Waals surface area contributed by atoms with Gasteiger partial charge >= 0.3 is 5.63 Å². The zero-order valence-corrected chi connectivity index (χ0v) is 14.2. The van der Waals surface area contributed by atoms with Gasteiger partial charge in [-0.05, 0) is 30.2 Å². The smallest absolute Gasteiger partial charge is 0.336 e. The normalized spacial score (nSPS) is 15.4. The van der Waals surface area contributed by atoms with Gasteiger partial charge in [0.15, 0.2) is 0 Å². The highest BCUT2D eigenvalue weighted by Crippen LogP contribution is 2.32. The maximum absolute atomic E-state index is 12.1. The largest absolute Gasteiger partial charge is 0.490 e. The average Bonchev–Trinajstić information content (AvgIpc) is 2.62. The van der Waals surface area contributed by atoms with Gasteiger partial charge < -0.3 is 13.9 Å². The van der Waals surface area contributed by atoms with Crippen LogP contribution in [0.1, 0.15) is 18.4 Å². The summed E-state index contributed by atoms with van der Waals surface area (Å²) in [6.45, 7) is 3.49. The fourth-order valence-electron chi connectivity index (χ4n) is 3.30. The molecule has 0 spiro atoms. The summed E-state index contributed by atoms with van der Waals surface area (Å²) < 4.78 is 16.8. The molecule has 1 aromatic heterocycles. The Morgan fingerprint density at radius 1 is 1.00 bits per heavy atom. The van der Waals surface area contributed by atoms with Crippen LogP contribution in [-0.2, 0) is 4.74 Å². The van der Waals surface area contributed by atoms with E-state index in [0.717, 1.165) is 53.9 Å². The van der Waals surface area contributed by atoms with Gasteiger partial charge in [-0.25, -0.2) is 4.79 Å². The summed E-state index contributed by atoms with van der Waals surface area (Å²) in [6, 6.07) is 15.3. The third kappa shape index (κ3) is 3.30. The lowest BCUT2D eigenvalue weighted by Gasteiger charge is -2.23. The molecule has 25 heavy (non-hydrogen) atoms. The van der Waals surface area contributed by atoms with E-state index in [1.807, 2.05) is 49.4 Å². The van der Waals surface area contributed by atoms with Gasteiger partial charge in [0.05, 0.1) is 13.2 Å². The van der Waals surface area contributed by atoms with Gasteiger partial charge in [-0.3, -0.25) is 0 Å². The van der Waals surface area contributed by atoms with E-state index in [4.69, 9.17) is 13.9 Å². The SMILES string of the molecule is Cc1ccccc1-c1cc(=O)oc2cc(OC3CCOCC3)ccc12. The minimum Gasteiger partial charge on any atom is -0.490 e. The molecule has 0 bridgehead atoms. The van der Waals surface area contributed by atoms with Crippen LogP contribution in [0, 0.1) is 6.92 Å². The van der Waals surface area contributed by atoms with E-state index in [1.54, 1.807) is 6.07 Å². The summed E-state index contributed by atoms with van der Waals surface area (Å²) in [5.74, 6) is 0.726. The molecule has 2 heterocycles. The van der Waals surface area contributed by atoms with E-state index >= 15 is 0 Å². The molecule has 0 amide bonds. The van der Waals surface area contributed by atoms with Gasteiger partial charge in [0.2, 0.25) is 0 Å². The van der Waals surface area contributed by atoms with Crippen molar-refractivity contribution >= 4 is 11.0 Å². The molecule has 1 aliphatic rings. The molecule has 0 saturated carbocycles. The molecule has 1 aliphatic heterocycles. The Balaban J connectivity index is 1.76. The molecule has 0 unspecified atom stereocenters. The molecule has 1 saturated heterocycles. The number of ether oxygens (including phenoxy) is 2. The fourth-order valence-corrected chi connectivity index (χ4v) is 3.30. The first-order chi connectivity index (χ1) is 12.2. The molecular weight excluding hydrogens is 316 g/mol. The van der Waals surface area contributed by atoms with Gasteiger partial charge in [-0.1, -0.05) is 24.3 Å². The predicted molar refractivity (Wildman–Crippen MR) is 97.1 cm³/mol. The minimum atomic E-state index is -0.353. The number of aryl methyl sites for hydroxylation is 1. The molecule has 1 fully saturated rings. The molecule has 0 atom stereocenters. The first-order valence-electron chi connectivity index (χ1n) is 8.59. The quantitative estimate of drug-likeness (QED) is 0.668. The second-order valence-corrected chi connectivity index (χ2v) is 6.38. The summed E-state index contributed by atoms with van der Waals surface area (Å²) in [6.07, 6.45) is 1.91. The molecule has 4 rings (SSSR count).